The Morgan fingerprint density at radius 2 is 0.927 bits per heavy atom. The van der Waals surface area contributed by atoms with Crippen LogP contribution in [0.15, 0.2) is 24.3 Å². The fourth-order valence-electron chi connectivity index (χ4n) is 5.00. The maximum atomic E-state index is 15.4. The van der Waals surface area contributed by atoms with Crippen LogP contribution >= 0.6 is 0 Å². The van der Waals surface area contributed by atoms with Crippen molar-refractivity contribution in [2.24, 2.45) is 0 Å². The van der Waals surface area contributed by atoms with Crippen molar-refractivity contribution < 1.29 is 62.4 Å². The van der Waals surface area contributed by atoms with E-state index >= 15 is 17.6 Å². The third kappa shape index (κ3) is 3.41. The Balaban J connectivity index is 1.74. The molecule has 0 spiro atoms. The van der Waals surface area contributed by atoms with Gasteiger partial charge < -0.3 is 9.68 Å². The Morgan fingerprint density at radius 3 is 1.49 bits per heavy atom. The van der Waals surface area contributed by atoms with Crippen LogP contribution in [0.5, 0.6) is 5.75 Å². The van der Waals surface area contributed by atoms with E-state index in [2.05, 4.69) is 0 Å². The van der Waals surface area contributed by atoms with Crippen molar-refractivity contribution in [2.45, 2.75) is 0 Å². The fraction of sp³-hybridized carbons (Fsp3) is 0. The van der Waals surface area contributed by atoms with Crippen molar-refractivity contribution in [3.05, 3.63) is 94.1 Å². The van der Waals surface area contributed by atoms with Crippen molar-refractivity contribution in [1.82, 2.24) is 0 Å². The van der Waals surface area contributed by atoms with Gasteiger partial charge in [0.15, 0.2) is 52.4 Å². The molecule has 0 radical (unpaired) electrons. The van der Waals surface area contributed by atoms with E-state index < -0.39 is 131 Å². The van der Waals surface area contributed by atoms with E-state index in [4.69, 9.17) is 4.65 Å². The maximum absolute atomic E-state index is 15.4. The number of rotatable bonds is 3. The standard InChI is InChI=1S/C26H5BF12O2/c28-5-3-6-9(2-1-7(29)10(6)8(30)4-5)41-27(40)17-13-11-12-15(19(32)18(13)31)23(36)26(39)24(37)16(12)21(34)20(33)14(11)22(35)25(17)38/h1-4,40H. The van der Waals surface area contributed by atoms with E-state index in [0.717, 1.165) is 0 Å². The van der Waals surface area contributed by atoms with Crippen molar-refractivity contribution in [2.75, 3.05) is 0 Å². The highest BCUT2D eigenvalue weighted by atomic mass is 19.2. The van der Waals surface area contributed by atoms with Crippen LogP contribution in [0.1, 0.15) is 0 Å². The Bertz CT molecular complexity index is 2110. The van der Waals surface area contributed by atoms with Crippen LogP contribution in [0.4, 0.5) is 52.7 Å². The second-order valence-corrected chi connectivity index (χ2v) is 8.82. The molecular formula is C26H5BF12O2. The molecule has 0 aromatic heterocycles. The predicted molar refractivity (Wildman–Crippen MR) is 122 cm³/mol. The SMILES string of the molecule is OB(Oc1ccc(F)c2c(F)cc(F)cc12)c1c(F)c(F)c2c(F)c(F)c3c(F)c(F)c(F)c4c(F)c(F)c1c2c34. The predicted octanol–water partition coefficient (Wildman–Crippen LogP) is 7.17. The molecule has 0 atom stereocenters. The quantitative estimate of drug-likeness (QED) is 0.103. The normalized spacial score (nSPS) is 12.0. The third-order valence-electron chi connectivity index (χ3n) is 6.68. The molecule has 208 valence electrons. The average molecular weight is 588 g/mol. The van der Waals surface area contributed by atoms with Crippen LogP contribution in [0, 0.1) is 69.8 Å². The molecule has 6 aromatic carbocycles. The summed E-state index contributed by atoms with van der Waals surface area (Å²) in [5.41, 5.74) is -1.68. The summed E-state index contributed by atoms with van der Waals surface area (Å²) in [4.78, 5) is 0. The lowest BCUT2D eigenvalue weighted by molar-refractivity contribution is 0.429. The molecule has 2 nitrogen and oxygen atoms in total. The zero-order valence-electron chi connectivity index (χ0n) is 19.3. The van der Waals surface area contributed by atoms with Gasteiger partial charge in [0.2, 0.25) is 0 Å². The van der Waals surface area contributed by atoms with Gasteiger partial charge in [-0.05, 0) is 18.2 Å². The third-order valence-corrected chi connectivity index (χ3v) is 6.68. The van der Waals surface area contributed by atoms with Gasteiger partial charge >= 0.3 is 7.12 Å². The van der Waals surface area contributed by atoms with E-state index in [-0.39, 0.29) is 6.07 Å². The van der Waals surface area contributed by atoms with Gasteiger partial charge in [-0.3, -0.25) is 0 Å². The first-order valence-electron chi connectivity index (χ1n) is 11.1. The Morgan fingerprint density at radius 1 is 0.463 bits per heavy atom. The topological polar surface area (TPSA) is 29.5 Å². The van der Waals surface area contributed by atoms with Crippen LogP contribution in [0.25, 0.3) is 43.1 Å². The van der Waals surface area contributed by atoms with Crippen LogP contribution in [-0.2, 0) is 0 Å². The molecule has 0 aliphatic rings. The second kappa shape index (κ2) is 8.80. The highest BCUT2D eigenvalue weighted by Gasteiger charge is 2.39. The monoisotopic (exact) mass is 588 g/mol. The van der Waals surface area contributed by atoms with Gasteiger partial charge in [-0.2, -0.15) is 0 Å². The van der Waals surface area contributed by atoms with E-state index in [1.165, 1.54) is 0 Å². The number of fused-ring (bicyclic) bond motifs is 1. The van der Waals surface area contributed by atoms with Gasteiger partial charge in [-0.1, -0.05) is 0 Å². The molecule has 0 unspecified atom stereocenters. The van der Waals surface area contributed by atoms with Gasteiger partial charge in [0.1, 0.15) is 23.2 Å². The summed E-state index contributed by atoms with van der Waals surface area (Å²) < 4.78 is 181. The minimum absolute atomic E-state index is 0.286. The van der Waals surface area contributed by atoms with Gasteiger partial charge in [-0.15, -0.1) is 0 Å². The van der Waals surface area contributed by atoms with Crippen molar-refractivity contribution in [1.29, 1.82) is 0 Å². The zero-order valence-corrected chi connectivity index (χ0v) is 19.3. The summed E-state index contributed by atoms with van der Waals surface area (Å²) in [7, 11) is -2.97. The van der Waals surface area contributed by atoms with E-state index in [0.29, 0.717) is 18.2 Å². The first-order valence-corrected chi connectivity index (χ1v) is 11.1. The lowest BCUT2D eigenvalue weighted by Crippen LogP contribution is -2.41. The van der Waals surface area contributed by atoms with E-state index in [9.17, 15) is 40.1 Å². The van der Waals surface area contributed by atoms with E-state index in [1.54, 1.807) is 0 Å². The second-order valence-electron chi connectivity index (χ2n) is 8.82. The van der Waals surface area contributed by atoms with Crippen LogP contribution in [-0.4, -0.2) is 12.1 Å². The first kappa shape index (κ1) is 26.8. The lowest BCUT2D eigenvalue weighted by Gasteiger charge is -2.21. The maximum Gasteiger partial charge on any atom is 0.563 e. The summed E-state index contributed by atoms with van der Waals surface area (Å²) in [6.07, 6.45) is 0. The average Bonchev–Trinajstić information content (AvgIpc) is 2.91. The Labute approximate surface area is 218 Å². The molecular weight excluding hydrogens is 583 g/mol. The van der Waals surface area contributed by atoms with Crippen molar-refractivity contribution in [3.8, 4) is 5.75 Å². The Hall–Kier alpha value is -4.40. The molecule has 0 saturated heterocycles. The number of benzene rings is 6. The number of halogens is 12. The molecule has 0 bridgehead atoms. The number of hydrogen-bond acceptors (Lipinski definition) is 2. The molecule has 0 heterocycles. The van der Waals surface area contributed by atoms with E-state index in [1.807, 2.05) is 0 Å². The molecule has 15 heteroatoms. The zero-order chi connectivity index (χ0) is 29.8. The molecule has 41 heavy (non-hydrogen) atoms. The molecule has 0 saturated carbocycles. The molecule has 6 rings (SSSR count). The van der Waals surface area contributed by atoms with Crippen molar-refractivity contribution >= 4 is 55.7 Å². The van der Waals surface area contributed by atoms with Crippen molar-refractivity contribution in [3.63, 3.8) is 0 Å². The summed E-state index contributed by atoms with van der Waals surface area (Å²) in [6.45, 7) is 0. The summed E-state index contributed by atoms with van der Waals surface area (Å²) in [5.74, 6) is -26.4. The molecule has 0 fully saturated rings. The van der Waals surface area contributed by atoms with Gasteiger partial charge in [0.05, 0.1) is 21.5 Å². The smallest absolute Gasteiger partial charge is 0.532 e. The molecule has 0 aliphatic heterocycles. The molecule has 6 aromatic rings. The van der Waals surface area contributed by atoms with Crippen LogP contribution in [0.3, 0.4) is 0 Å². The summed E-state index contributed by atoms with van der Waals surface area (Å²) in [5, 5.41) is -0.679. The highest BCUT2D eigenvalue weighted by Crippen LogP contribution is 2.44. The lowest BCUT2D eigenvalue weighted by atomic mass is 9.73. The highest BCUT2D eigenvalue weighted by molar-refractivity contribution is 6.64. The van der Waals surface area contributed by atoms with Crippen LogP contribution < -0.4 is 10.1 Å². The molecule has 1 N–H and O–H groups in total. The van der Waals surface area contributed by atoms with Gasteiger partial charge in [0, 0.05) is 33.1 Å². The largest absolute Gasteiger partial charge is 0.563 e. The minimum atomic E-state index is -2.97. The Kier molecular flexibility index (Phi) is 5.75. The fourth-order valence-corrected chi connectivity index (χ4v) is 5.00. The van der Waals surface area contributed by atoms with Gasteiger partial charge in [-0.25, -0.2) is 52.7 Å². The summed E-state index contributed by atoms with van der Waals surface area (Å²) in [6, 6.07) is 2.03. The minimum Gasteiger partial charge on any atom is -0.532 e. The van der Waals surface area contributed by atoms with Crippen LogP contribution in [0.2, 0.25) is 0 Å². The molecule has 0 aliphatic carbocycles. The molecule has 0 amide bonds. The first-order chi connectivity index (χ1) is 19.3. The summed E-state index contributed by atoms with van der Waals surface area (Å²) >= 11 is 0. The van der Waals surface area contributed by atoms with Gasteiger partial charge in [0.25, 0.3) is 0 Å². The number of hydrogen-bond donors (Lipinski definition) is 1.